The second kappa shape index (κ2) is 15.4. The van der Waals surface area contributed by atoms with E-state index < -0.39 is 35.4 Å². The number of carbonyl (C=O) groups excluding carboxylic acids is 2. The molecular weight excluding hydrogens is 680 g/mol. The number of hydrogen-bond donors (Lipinski definition) is 2. The zero-order valence-electron chi connectivity index (χ0n) is 27.1. The van der Waals surface area contributed by atoms with E-state index in [1.807, 2.05) is 35.2 Å². The first kappa shape index (κ1) is 36.4. The summed E-state index contributed by atoms with van der Waals surface area (Å²) in [5, 5.41) is 16.9. The van der Waals surface area contributed by atoms with Crippen molar-refractivity contribution in [1.82, 2.24) is 25.3 Å². The molecular formula is C35H37Cl2F3N6O3. The van der Waals surface area contributed by atoms with E-state index in [0.717, 1.165) is 23.3 Å². The average Bonchev–Trinajstić information content (AvgIpc) is 3.49. The lowest BCUT2D eigenvalue weighted by Crippen LogP contribution is -2.62. The topological polar surface area (TPSA) is 101 Å². The van der Waals surface area contributed by atoms with E-state index in [0.29, 0.717) is 29.7 Å². The van der Waals surface area contributed by atoms with Crippen LogP contribution in [0.5, 0.6) is 5.75 Å². The van der Waals surface area contributed by atoms with Gasteiger partial charge in [-0.2, -0.15) is 18.4 Å². The van der Waals surface area contributed by atoms with Gasteiger partial charge in [-0.3, -0.25) is 25.1 Å². The number of nitrogens with zero attached hydrogens (tertiary/aromatic N) is 4. The van der Waals surface area contributed by atoms with E-state index in [1.165, 1.54) is 11.0 Å². The van der Waals surface area contributed by atoms with Crippen LogP contribution in [-0.4, -0.2) is 79.4 Å². The van der Waals surface area contributed by atoms with Gasteiger partial charge in [0.25, 0.3) is 5.91 Å². The summed E-state index contributed by atoms with van der Waals surface area (Å²) in [7, 11) is 1.65. The molecule has 3 aromatic carbocycles. The van der Waals surface area contributed by atoms with E-state index >= 15 is 0 Å². The molecule has 3 aromatic rings. The van der Waals surface area contributed by atoms with Crippen molar-refractivity contribution in [2.24, 2.45) is 0 Å². The lowest BCUT2D eigenvalue weighted by atomic mass is 9.94. The highest BCUT2D eigenvalue weighted by Crippen LogP contribution is 2.46. The Morgan fingerprint density at radius 1 is 0.959 bits per heavy atom. The first-order valence-electron chi connectivity index (χ1n) is 15.9. The number of nitrogens with one attached hydrogen (secondary N) is 2. The number of piperazine rings is 1. The third kappa shape index (κ3) is 8.14. The fourth-order valence-electron chi connectivity index (χ4n) is 6.24. The lowest BCUT2D eigenvalue weighted by molar-refractivity contribution is -0.142. The van der Waals surface area contributed by atoms with Gasteiger partial charge >= 0.3 is 6.18 Å². The van der Waals surface area contributed by atoms with E-state index in [9.17, 15) is 22.8 Å². The third-order valence-electron chi connectivity index (χ3n) is 8.87. The molecule has 0 bridgehead atoms. The molecule has 260 valence electrons. The van der Waals surface area contributed by atoms with E-state index in [-0.39, 0.29) is 49.9 Å². The summed E-state index contributed by atoms with van der Waals surface area (Å²) in [6, 6.07) is 18.4. The minimum atomic E-state index is -4.63. The highest BCUT2D eigenvalue weighted by Gasteiger charge is 2.55. The zero-order valence-corrected chi connectivity index (χ0v) is 28.6. The number of hydrogen-bond acceptors (Lipinski definition) is 7. The predicted molar refractivity (Wildman–Crippen MR) is 180 cm³/mol. The third-order valence-corrected chi connectivity index (χ3v) is 9.38. The maximum Gasteiger partial charge on any atom is 0.416 e. The Morgan fingerprint density at radius 3 is 2.00 bits per heavy atom. The summed E-state index contributed by atoms with van der Waals surface area (Å²) in [5.41, 5.74) is -0.833. The molecule has 2 fully saturated rings. The van der Waals surface area contributed by atoms with Gasteiger partial charge in [0.15, 0.2) is 5.66 Å². The second-order valence-corrected chi connectivity index (χ2v) is 12.9. The molecule has 0 radical (unpaired) electrons. The SMILES string of the molecule is CCOc1cc(C(F)(F)F)ccc1C1(C(=O)N2CCN(CC(=O)N(C)CCC#N)CC2)NC(c2ccc(Cl)cc2)C(c2ccc(Cl)cc2)N1. The molecule has 0 saturated carbocycles. The van der Waals surface area contributed by atoms with Crippen LogP contribution in [0.1, 0.15) is 47.7 Å². The standard InChI is InChI=1S/C35H37Cl2F3N6O3/c1-3-49-29-21-25(35(38,39)40)9-14-28(29)34(33(48)46-19-17-45(18-20-46)22-30(47)44(2)16-4-15-41)42-31(23-5-10-26(36)11-6-23)32(43-34)24-7-12-27(37)13-8-24/h5-14,21,31-32,42-43H,3-4,16-20,22H2,1-2H3. The molecule has 2 N–H and O–H groups in total. The summed E-state index contributed by atoms with van der Waals surface area (Å²) in [6.45, 7) is 3.51. The van der Waals surface area contributed by atoms with Gasteiger partial charge in [0.05, 0.1) is 43.3 Å². The molecule has 9 nitrogen and oxygen atoms in total. The van der Waals surface area contributed by atoms with Crippen molar-refractivity contribution in [3.63, 3.8) is 0 Å². The molecule has 0 spiro atoms. The number of rotatable bonds is 10. The molecule has 2 amide bonds. The minimum Gasteiger partial charge on any atom is -0.493 e. The van der Waals surface area contributed by atoms with E-state index in [1.54, 1.807) is 43.1 Å². The Labute approximate surface area is 293 Å². The van der Waals surface area contributed by atoms with Crippen LogP contribution < -0.4 is 15.4 Å². The van der Waals surface area contributed by atoms with E-state index in [4.69, 9.17) is 33.2 Å². The second-order valence-electron chi connectivity index (χ2n) is 12.0. The zero-order chi connectivity index (χ0) is 35.3. The monoisotopic (exact) mass is 716 g/mol. The quantitative estimate of drug-likeness (QED) is 0.276. The lowest BCUT2D eigenvalue weighted by Gasteiger charge is -2.40. The molecule has 0 aromatic heterocycles. The Morgan fingerprint density at radius 2 is 1.51 bits per heavy atom. The van der Waals surface area contributed by atoms with Crippen molar-refractivity contribution in [2.45, 2.75) is 37.3 Å². The molecule has 2 saturated heterocycles. The summed E-state index contributed by atoms with van der Waals surface area (Å²) in [5.74, 6) is -0.615. The maximum absolute atomic E-state index is 14.9. The highest BCUT2D eigenvalue weighted by atomic mass is 35.5. The maximum atomic E-state index is 14.9. The average molecular weight is 718 g/mol. The molecule has 14 heteroatoms. The summed E-state index contributed by atoms with van der Waals surface area (Å²) in [6.07, 6.45) is -4.40. The van der Waals surface area contributed by atoms with Crippen molar-refractivity contribution in [3.8, 4) is 11.8 Å². The van der Waals surface area contributed by atoms with Gasteiger partial charge in [-0.25, -0.2) is 0 Å². The van der Waals surface area contributed by atoms with Crippen molar-refractivity contribution in [2.75, 3.05) is 52.9 Å². The van der Waals surface area contributed by atoms with Crippen LogP contribution in [0.3, 0.4) is 0 Å². The Bertz CT molecular complexity index is 1620. The molecule has 2 aliphatic heterocycles. The predicted octanol–water partition coefficient (Wildman–Crippen LogP) is 5.76. The normalized spacial score (nSPS) is 21.3. The number of nitriles is 1. The molecule has 2 aliphatic rings. The fourth-order valence-corrected chi connectivity index (χ4v) is 6.50. The van der Waals surface area contributed by atoms with Gasteiger partial charge in [-0.05, 0) is 54.4 Å². The molecule has 5 rings (SSSR count). The van der Waals surface area contributed by atoms with Crippen LogP contribution in [-0.2, 0) is 21.4 Å². The molecule has 49 heavy (non-hydrogen) atoms. The van der Waals surface area contributed by atoms with Gasteiger partial charge in [0, 0.05) is 55.4 Å². The van der Waals surface area contributed by atoms with Crippen molar-refractivity contribution in [1.29, 1.82) is 5.26 Å². The smallest absolute Gasteiger partial charge is 0.416 e. The Balaban J connectivity index is 1.54. The number of carbonyl (C=O) groups is 2. The number of halogens is 5. The first-order chi connectivity index (χ1) is 23.4. The molecule has 2 atom stereocenters. The molecule has 0 aliphatic carbocycles. The van der Waals surface area contributed by atoms with Crippen molar-refractivity contribution >= 4 is 35.0 Å². The van der Waals surface area contributed by atoms with Gasteiger partial charge in [-0.1, -0.05) is 53.5 Å². The largest absolute Gasteiger partial charge is 0.493 e. The van der Waals surface area contributed by atoms with Crippen LogP contribution in [0.15, 0.2) is 66.7 Å². The van der Waals surface area contributed by atoms with Crippen molar-refractivity contribution in [3.05, 3.63) is 99.0 Å². The summed E-state index contributed by atoms with van der Waals surface area (Å²) >= 11 is 12.4. The number of likely N-dealkylation sites (N-methyl/N-ethyl adjacent to an activating group) is 1. The summed E-state index contributed by atoms with van der Waals surface area (Å²) in [4.78, 5) is 32.8. The molecule has 2 unspecified atom stereocenters. The Hall–Kier alpha value is -3.86. The van der Waals surface area contributed by atoms with Crippen LogP contribution >= 0.6 is 23.2 Å². The van der Waals surface area contributed by atoms with Crippen LogP contribution in [0.25, 0.3) is 0 Å². The number of ether oxygens (including phenoxy) is 1. The van der Waals surface area contributed by atoms with Gasteiger partial charge < -0.3 is 14.5 Å². The fraction of sp³-hybridized carbons (Fsp3) is 0.400. The van der Waals surface area contributed by atoms with Gasteiger partial charge in [0.1, 0.15) is 5.75 Å². The number of amides is 2. The summed E-state index contributed by atoms with van der Waals surface area (Å²) < 4.78 is 47.5. The Kier molecular flexibility index (Phi) is 11.4. The highest BCUT2D eigenvalue weighted by molar-refractivity contribution is 6.30. The van der Waals surface area contributed by atoms with Gasteiger partial charge in [0.2, 0.25) is 5.91 Å². The van der Waals surface area contributed by atoms with Crippen LogP contribution in [0.4, 0.5) is 13.2 Å². The van der Waals surface area contributed by atoms with Crippen LogP contribution in [0.2, 0.25) is 10.0 Å². The number of alkyl halides is 3. The van der Waals surface area contributed by atoms with Gasteiger partial charge in [-0.15, -0.1) is 0 Å². The van der Waals surface area contributed by atoms with Crippen molar-refractivity contribution < 1.29 is 27.5 Å². The molecule has 2 heterocycles. The van der Waals surface area contributed by atoms with Crippen LogP contribution in [0, 0.1) is 11.3 Å². The minimum absolute atomic E-state index is 0.0648. The van der Waals surface area contributed by atoms with E-state index in [2.05, 4.69) is 10.6 Å². The number of benzene rings is 3. The first-order valence-corrected chi connectivity index (χ1v) is 16.7.